The standard InChI is InChI=1S/C27H27Cl2F4N5O4/c1-14-10-37(6-5-36(14)12-21(34)39)23-20(30)8-17-22(25(23)42-2)38(13-27(31,32)33)11-18(24(17)40)26(41)35-9-15-3-4-16(28)7-19(15)29/h3-4,7-8,11,14H,5-6,9-10,12-13H2,1-2H3,(H2,34,39)(H,35,41). The predicted molar refractivity (Wildman–Crippen MR) is 151 cm³/mol. The number of methoxy groups -OCH3 is 1. The normalized spacial score (nSPS) is 16.1. The highest BCUT2D eigenvalue weighted by Crippen LogP contribution is 2.39. The molecule has 1 aromatic heterocycles. The van der Waals surface area contributed by atoms with Crippen LogP contribution < -0.4 is 26.1 Å². The summed E-state index contributed by atoms with van der Waals surface area (Å²) in [6.07, 6.45) is -3.98. The topological polar surface area (TPSA) is 110 Å². The van der Waals surface area contributed by atoms with E-state index in [4.69, 9.17) is 33.7 Å². The number of hydrogen-bond acceptors (Lipinski definition) is 6. The summed E-state index contributed by atoms with van der Waals surface area (Å²) in [5, 5.41) is 2.60. The number of nitrogens with two attached hydrogens (primary N) is 1. The van der Waals surface area contributed by atoms with Gasteiger partial charge in [0.2, 0.25) is 11.3 Å². The molecule has 0 spiro atoms. The second kappa shape index (κ2) is 12.4. The van der Waals surface area contributed by atoms with Gasteiger partial charge in [0.05, 0.1) is 24.6 Å². The first kappa shape index (κ1) is 31.4. The molecule has 1 unspecified atom stereocenters. The largest absolute Gasteiger partial charge is 0.492 e. The Hall–Kier alpha value is -3.55. The molecule has 2 aromatic carbocycles. The van der Waals surface area contributed by atoms with Gasteiger partial charge in [-0.05, 0) is 30.7 Å². The molecule has 0 aliphatic carbocycles. The molecule has 15 heteroatoms. The quantitative estimate of drug-likeness (QED) is 0.365. The van der Waals surface area contributed by atoms with Gasteiger partial charge in [-0.1, -0.05) is 29.3 Å². The molecule has 0 bridgehead atoms. The number of nitrogens with zero attached hydrogens (tertiary/aromatic N) is 3. The third-order valence-electron chi connectivity index (χ3n) is 6.94. The second-order valence-corrected chi connectivity index (χ2v) is 10.7. The Balaban J connectivity index is 1.79. The van der Waals surface area contributed by atoms with E-state index in [-0.39, 0.29) is 54.2 Å². The van der Waals surface area contributed by atoms with Gasteiger partial charge in [-0.2, -0.15) is 13.2 Å². The summed E-state index contributed by atoms with van der Waals surface area (Å²) in [4.78, 5) is 41.2. The van der Waals surface area contributed by atoms with Crippen molar-refractivity contribution in [2.45, 2.75) is 32.2 Å². The second-order valence-electron chi connectivity index (χ2n) is 9.90. The minimum absolute atomic E-state index is 0.00741. The zero-order valence-electron chi connectivity index (χ0n) is 22.5. The van der Waals surface area contributed by atoms with E-state index in [9.17, 15) is 27.6 Å². The molecule has 1 fully saturated rings. The van der Waals surface area contributed by atoms with Crippen LogP contribution in [0.15, 0.2) is 35.3 Å². The van der Waals surface area contributed by atoms with E-state index in [2.05, 4.69) is 5.32 Å². The Morgan fingerprint density at radius 2 is 1.90 bits per heavy atom. The molecule has 4 rings (SSSR count). The number of piperazine rings is 1. The van der Waals surface area contributed by atoms with Crippen LogP contribution in [-0.2, 0) is 17.9 Å². The van der Waals surface area contributed by atoms with Gasteiger partial charge in [0.25, 0.3) is 5.91 Å². The van der Waals surface area contributed by atoms with Crippen LogP contribution in [0.25, 0.3) is 10.9 Å². The molecule has 226 valence electrons. The van der Waals surface area contributed by atoms with E-state index < -0.39 is 46.7 Å². The molecule has 2 amide bonds. The van der Waals surface area contributed by atoms with Crippen molar-refractivity contribution in [2.24, 2.45) is 5.73 Å². The van der Waals surface area contributed by atoms with Gasteiger partial charge >= 0.3 is 6.18 Å². The Morgan fingerprint density at radius 1 is 1.19 bits per heavy atom. The number of anilines is 1. The summed E-state index contributed by atoms with van der Waals surface area (Å²) in [7, 11) is 1.16. The summed E-state index contributed by atoms with van der Waals surface area (Å²) in [6, 6.07) is 5.08. The smallest absolute Gasteiger partial charge is 0.406 e. The fourth-order valence-corrected chi connectivity index (χ4v) is 5.50. The maximum absolute atomic E-state index is 15.7. The van der Waals surface area contributed by atoms with Gasteiger partial charge < -0.3 is 25.3 Å². The number of benzene rings is 2. The Morgan fingerprint density at radius 3 is 2.50 bits per heavy atom. The number of pyridine rings is 1. The molecule has 1 atom stereocenters. The van der Waals surface area contributed by atoms with Gasteiger partial charge in [0.15, 0.2) is 11.6 Å². The molecule has 0 saturated carbocycles. The van der Waals surface area contributed by atoms with E-state index in [1.165, 1.54) is 12.1 Å². The van der Waals surface area contributed by atoms with Crippen molar-refractivity contribution < 1.29 is 31.9 Å². The number of rotatable bonds is 8. The first-order valence-electron chi connectivity index (χ1n) is 12.7. The fourth-order valence-electron chi connectivity index (χ4n) is 5.03. The van der Waals surface area contributed by atoms with Crippen LogP contribution in [0.4, 0.5) is 23.2 Å². The summed E-state index contributed by atoms with van der Waals surface area (Å²) >= 11 is 12.0. The van der Waals surface area contributed by atoms with Crippen LogP contribution in [-0.4, -0.2) is 66.8 Å². The minimum Gasteiger partial charge on any atom is -0.492 e. The van der Waals surface area contributed by atoms with Gasteiger partial charge in [0, 0.05) is 48.5 Å². The zero-order valence-corrected chi connectivity index (χ0v) is 24.0. The third-order valence-corrected chi connectivity index (χ3v) is 7.52. The first-order chi connectivity index (χ1) is 19.7. The maximum Gasteiger partial charge on any atom is 0.406 e. The monoisotopic (exact) mass is 631 g/mol. The van der Waals surface area contributed by atoms with Crippen molar-refractivity contribution in [3.05, 3.63) is 67.7 Å². The highest BCUT2D eigenvalue weighted by Gasteiger charge is 2.34. The van der Waals surface area contributed by atoms with E-state index >= 15 is 4.39 Å². The lowest BCUT2D eigenvalue weighted by Gasteiger charge is -2.41. The van der Waals surface area contributed by atoms with Crippen LogP contribution >= 0.6 is 23.2 Å². The Labute approximate surface area is 247 Å². The highest BCUT2D eigenvalue weighted by atomic mass is 35.5. The number of carbonyl (C=O) groups is 2. The molecule has 2 heterocycles. The molecule has 1 aliphatic heterocycles. The number of carbonyl (C=O) groups excluding carboxylic acids is 2. The van der Waals surface area contributed by atoms with E-state index in [0.717, 1.165) is 19.4 Å². The zero-order chi connectivity index (χ0) is 30.9. The number of primary amides is 1. The molecular weight excluding hydrogens is 605 g/mol. The molecule has 3 N–H and O–H groups in total. The lowest BCUT2D eigenvalue weighted by atomic mass is 10.1. The lowest BCUT2D eigenvalue weighted by Crippen LogP contribution is -2.54. The van der Waals surface area contributed by atoms with Crippen LogP contribution in [0.1, 0.15) is 22.8 Å². The highest BCUT2D eigenvalue weighted by molar-refractivity contribution is 6.35. The van der Waals surface area contributed by atoms with Crippen LogP contribution in [0.2, 0.25) is 10.0 Å². The number of fused-ring (bicyclic) bond motifs is 1. The number of amides is 2. The summed E-state index contributed by atoms with van der Waals surface area (Å²) in [5.41, 5.74) is 3.69. The molecule has 0 radical (unpaired) electrons. The summed E-state index contributed by atoms with van der Waals surface area (Å²) in [5.74, 6) is -2.72. The van der Waals surface area contributed by atoms with Gasteiger partial charge in [-0.3, -0.25) is 19.3 Å². The van der Waals surface area contributed by atoms with E-state index in [1.54, 1.807) is 22.8 Å². The Kier molecular flexibility index (Phi) is 9.24. The third kappa shape index (κ3) is 6.74. The number of nitrogens with one attached hydrogen (secondary N) is 1. The average molecular weight is 632 g/mol. The van der Waals surface area contributed by atoms with Crippen molar-refractivity contribution in [2.75, 3.05) is 38.2 Å². The summed E-state index contributed by atoms with van der Waals surface area (Å²) in [6.45, 7) is 0.766. The van der Waals surface area contributed by atoms with Crippen molar-refractivity contribution >= 4 is 51.6 Å². The van der Waals surface area contributed by atoms with Crippen LogP contribution in [0.3, 0.4) is 0 Å². The average Bonchev–Trinajstić information content (AvgIpc) is 2.89. The number of hydrogen-bond donors (Lipinski definition) is 2. The fraction of sp³-hybridized carbons (Fsp3) is 0.370. The first-order valence-corrected chi connectivity index (χ1v) is 13.5. The van der Waals surface area contributed by atoms with Crippen molar-refractivity contribution in [1.82, 2.24) is 14.8 Å². The predicted octanol–water partition coefficient (Wildman–Crippen LogP) is 3.94. The maximum atomic E-state index is 15.7. The number of ether oxygens (including phenoxy) is 1. The van der Waals surface area contributed by atoms with Gasteiger partial charge in [-0.25, -0.2) is 4.39 Å². The SMILES string of the molecule is COc1c(N2CCN(CC(N)=O)C(C)C2)c(F)cc2c(=O)c(C(=O)NCc3ccc(Cl)cc3Cl)cn(CC(F)(F)F)c12. The lowest BCUT2D eigenvalue weighted by molar-refractivity contribution is -0.140. The van der Waals surface area contributed by atoms with Crippen molar-refractivity contribution in [3.8, 4) is 5.75 Å². The van der Waals surface area contributed by atoms with Gasteiger partial charge in [-0.15, -0.1) is 0 Å². The van der Waals surface area contributed by atoms with E-state index in [1.807, 2.05) is 0 Å². The summed E-state index contributed by atoms with van der Waals surface area (Å²) < 4.78 is 63.0. The van der Waals surface area contributed by atoms with Crippen LogP contribution in [0.5, 0.6) is 5.75 Å². The number of aromatic nitrogens is 1. The number of alkyl halides is 3. The minimum atomic E-state index is -4.76. The van der Waals surface area contributed by atoms with Crippen LogP contribution in [0, 0.1) is 5.82 Å². The van der Waals surface area contributed by atoms with Crippen molar-refractivity contribution in [1.29, 1.82) is 0 Å². The van der Waals surface area contributed by atoms with Crippen molar-refractivity contribution in [3.63, 3.8) is 0 Å². The molecule has 3 aromatic rings. The molecule has 42 heavy (non-hydrogen) atoms. The molecule has 9 nitrogen and oxygen atoms in total. The Bertz CT molecular complexity index is 1600. The molecule has 1 aliphatic rings. The molecular formula is C27H27Cl2F4N5O4. The molecule has 1 saturated heterocycles. The number of halogens is 6. The van der Waals surface area contributed by atoms with E-state index in [0.29, 0.717) is 21.7 Å². The van der Waals surface area contributed by atoms with Gasteiger partial charge in [0.1, 0.15) is 17.8 Å².